The standard InChI is InChI=1S/C18H18ClN3O2/c1-4-8-20-17(23)14-6-5-7-15(21-14)18(24)22-16-12(3)9-11(2)10-13(16)19/h4-7,9-10H,1,8H2,2-3H3,(H,20,23)(H,22,24). The van der Waals surface area contributed by atoms with Crippen molar-refractivity contribution in [1.29, 1.82) is 0 Å². The van der Waals surface area contributed by atoms with Gasteiger partial charge >= 0.3 is 0 Å². The first kappa shape index (κ1) is 17.7. The van der Waals surface area contributed by atoms with Crippen molar-refractivity contribution in [1.82, 2.24) is 10.3 Å². The molecule has 24 heavy (non-hydrogen) atoms. The summed E-state index contributed by atoms with van der Waals surface area (Å²) in [6, 6.07) is 8.38. The molecule has 1 aromatic heterocycles. The summed E-state index contributed by atoms with van der Waals surface area (Å²) in [4.78, 5) is 28.4. The summed E-state index contributed by atoms with van der Waals surface area (Å²) in [6.45, 7) is 7.65. The topological polar surface area (TPSA) is 71.1 Å². The smallest absolute Gasteiger partial charge is 0.274 e. The van der Waals surface area contributed by atoms with Gasteiger partial charge in [0, 0.05) is 6.54 Å². The van der Waals surface area contributed by atoms with Crippen LogP contribution in [-0.4, -0.2) is 23.3 Å². The zero-order valence-electron chi connectivity index (χ0n) is 13.5. The van der Waals surface area contributed by atoms with Crippen LogP contribution in [0.25, 0.3) is 0 Å². The molecule has 0 fully saturated rings. The molecule has 0 radical (unpaired) electrons. The van der Waals surface area contributed by atoms with Gasteiger partial charge in [-0.1, -0.05) is 29.8 Å². The molecule has 0 unspecified atom stereocenters. The zero-order chi connectivity index (χ0) is 17.7. The Balaban J connectivity index is 2.22. The fraction of sp³-hybridized carbons (Fsp3) is 0.167. The van der Waals surface area contributed by atoms with Gasteiger partial charge in [0.2, 0.25) is 0 Å². The Morgan fingerprint density at radius 2 is 1.88 bits per heavy atom. The summed E-state index contributed by atoms with van der Waals surface area (Å²) in [5, 5.41) is 5.83. The van der Waals surface area contributed by atoms with E-state index in [0.29, 0.717) is 17.3 Å². The van der Waals surface area contributed by atoms with E-state index in [1.807, 2.05) is 19.9 Å². The molecule has 2 amide bonds. The van der Waals surface area contributed by atoms with E-state index in [-0.39, 0.29) is 17.3 Å². The first-order valence-corrected chi connectivity index (χ1v) is 7.74. The summed E-state index contributed by atoms with van der Waals surface area (Å²) >= 11 is 6.20. The highest BCUT2D eigenvalue weighted by atomic mass is 35.5. The Morgan fingerprint density at radius 1 is 1.21 bits per heavy atom. The highest BCUT2D eigenvalue weighted by Crippen LogP contribution is 2.27. The monoisotopic (exact) mass is 343 g/mol. The highest BCUT2D eigenvalue weighted by Gasteiger charge is 2.14. The summed E-state index contributed by atoms with van der Waals surface area (Å²) in [5.74, 6) is -0.795. The van der Waals surface area contributed by atoms with Crippen LogP contribution in [-0.2, 0) is 0 Å². The summed E-state index contributed by atoms with van der Waals surface area (Å²) in [5.41, 5.74) is 2.70. The maximum atomic E-state index is 12.4. The summed E-state index contributed by atoms with van der Waals surface area (Å²) < 4.78 is 0. The van der Waals surface area contributed by atoms with Gasteiger partial charge in [-0.2, -0.15) is 0 Å². The molecular weight excluding hydrogens is 326 g/mol. The fourth-order valence-corrected chi connectivity index (χ4v) is 2.56. The second-order valence-corrected chi connectivity index (χ2v) is 5.71. The maximum Gasteiger partial charge on any atom is 0.274 e. The maximum absolute atomic E-state index is 12.4. The van der Waals surface area contributed by atoms with Crippen LogP contribution in [0.3, 0.4) is 0 Å². The fourth-order valence-electron chi connectivity index (χ4n) is 2.19. The molecule has 2 rings (SSSR count). The van der Waals surface area contributed by atoms with Gasteiger partial charge < -0.3 is 10.6 Å². The lowest BCUT2D eigenvalue weighted by Gasteiger charge is -2.11. The number of carbonyl (C=O) groups is 2. The lowest BCUT2D eigenvalue weighted by Crippen LogP contribution is -2.25. The quantitative estimate of drug-likeness (QED) is 0.816. The van der Waals surface area contributed by atoms with Crippen molar-refractivity contribution in [2.75, 3.05) is 11.9 Å². The average molecular weight is 344 g/mol. The minimum absolute atomic E-state index is 0.136. The Bertz CT molecular complexity index is 780. The van der Waals surface area contributed by atoms with Crippen LogP contribution in [0.2, 0.25) is 5.02 Å². The van der Waals surface area contributed by atoms with Crippen molar-refractivity contribution in [3.8, 4) is 0 Å². The van der Waals surface area contributed by atoms with E-state index in [1.54, 1.807) is 24.3 Å². The second kappa shape index (κ2) is 7.75. The summed E-state index contributed by atoms with van der Waals surface area (Å²) in [7, 11) is 0. The molecule has 0 saturated carbocycles. The molecule has 2 N–H and O–H groups in total. The van der Waals surface area contributed by atoms with E-state index >= 15 is 0 Å². The Morgan fingerprint density at radius 3 is 2.50 bits per heavy atom. The average Bonchev–Trinajstić information content (AvgIpc) is 2.55. The third-order valence-corrected chi connectivity index (χ3v) is 3.59. The van der Waals surface area contributed by atoms with Gasteiger partial charge in [-0.15, -0.1) is 6.58 Å². The third kappa shape index (κ3) is 4.20. The van der Waals surface area contributed by atoms with Gasteiger partial charge in [-0.25, -0.2) is 4.98 Å². The number of anilines is 1. The molecule has 1 heterocycles. The summed E-state index contributed by atoms with van der Waals surface area (Å²) in [6.07, 6.45) is 1.57. The van der Waals surface area contributed by atoms with E-state index in [9.17, 15) is 9.59 Å². The van der Waals surface area contributed by atoms with Crippen LogP contribution in [0, 0.1) is 13.8 Å². The second-order valence-electron chi connectivity index (χ2n) is 5.30. The van der Waals surface area contributed by atoms with Gasteiger partial charge in [0.25, 0.3) is 11.8 Å². The van der Waals surface area contributed by atoms with Crippen molar-refractivity contribution < 1.29 is 9.59 Å². The molecule has 6 heteroatoms. The molecule has 124 valence electrons. The molecule has 2 aromatic rings. The SMILES string of the molecule is C=CCNC(=O)c1cccc(C(=O)Nc2c(C)cc(C)cc2Cl)n1. The highest BCUT2D eigenvalue weighted by molar-refractivity contribution is 6.34. The molecule has 0 aliphatic rings. The van der Waals surface area contributed by atoms with Crippen LogP contribution >= 0.6 is 11.6 Å². The number of rotatable bonds is 5. The number of carbonyl (C=O) groups excluding carboxylic acids is 2. The Labute approximate surface area is 145 Å². The lowest BCUT2D eigenvalue weighted by atomic mass is 10.1. The van der Waals surface area contributed by atoms with Crippen LogP contribution in [0.4, 0.5) is 5.69 Å². The van der Waals surface area contributed by atoms with E-state index in [1.165, 1.54) is 6.07 Å². The molecule has 0 atom stereocenters. The van der Waals surface area contributed by atoms with Gasteiger partial charge in [-0.05, 0) is 43.2 Å². The first-order chi connectivity index (χ1) is 11.4. The van der Waals surface area contributed by atoms with Crippen LogP contribution in [0.5, 0.6) is 0 Å². The van der Waals surface area contributed by atoms with Crippen molar-refractivity contribution in [3.63, 3.8) is 0 Å². The van der Waals surface area contributed by atoms with Crippen LogP contribution in [0.1, 0.15) is 32.1 Å². The van der Waals surface area contributed by atoms with E-state index < -0.39 is 5.91 Å². The number of nitrogens with zero attached hydrogens (tertiary/aromatic N) is 1. The van der Waals surface area contributed by atoms with Crippen LogP contribution in [0.15, 0.2) is 43.0 Å². The van der Waals surface area contributed by atoms with E-state index in [4.69, 9.17) is 11.6 Å². The number of hydrogen-bond donors (Lipinski definition) is 2. The zero-order valence-corrected chi connectivity index (χ0v) is 14.3. The third-order valence-electron chi connectivity index (χ3n) is 3.29. The number of benzene rings is 1. The number of aromatic nitrogens is 1. The molecule has 0 aliphatic carbocycles. The van der Waals surface area contributed by atoms with Crippen molar-refractivity contribution >= 4 is 29.1 Å². The number of aryl methyl sites for hydroxylation is 2. The van der Waals surface area contributed by atoms with E-state index in [2.05, 4.69) is 22.2 Å². The minimum Gasteiger partial charge on any atom is -0.347 e. The normalized spacial score (nSPS) is 10.1. The van der Waals surface area contributed by atoms with E-state index in [0.717, 1.165) is 11.1 Å². The van der Waals surface area contributed by atoms with Crippen molar-refractivity contribution in [2.45, 2.75) is 13.8 Å². The number of pyridine rings is 1. The predicted molar refractivity (Wildman–Crippen MR) is 95.6 cm³/mol. The molecule has 0 bridgehead atoms. The number of halogens is 1. The molecule has 0 saturated heterocycles. The Kier molecular flexibility index (Phi) is 5.71. The molecule has 0 spiro atoms. The van der Waals surface area contributed by atoms with Gasteiger partial charge in [0.05, 0.1) is 10.7 Å². The lowest BCUT2D eigenvalue weighted by molar-refractivity contribution is 0.0953. The molecule has 1 aromatic carbocycles. The van der Waals surface area contributed by atoms with Crippen LogP contribution < -0.4 is 10.6 Å². The first-order valence-electron chi connectivity index (χ1n) is 7.36. The minimum atomic E-state index is -0.428. The van der Waals surface area contributed by atoms with Gasteiger partial charge in [0.1, 0.15) is 11.4 Å². The Hall–Kier alpha value is -2.66. The number of hydrogen-bond acceptors (Lipinski definition) is 3. The number of nitrogens with one attached hydrogen (secondary N) is 2. The predicted octanol–water partition coefficient (Wildman–Crippen LogP) is 3.52. The largest absolute Gasteiger partial charge is 0.347 e. The van der Waals surface area contributed by atoms with Gasteiger partial charge in [0.15, 0.2) is 0 Å². The number of amides is 2. The van der Waals surface area contributed by atoms with Crippen molar-refractivity contribution in [3.05, 3.63) is 70.5 Å². The van der Waals surface area contributed by atoms with Crippen molar-refractivity contribution in [2.24, 2.45) is 0 Å². The van der Waals surface area contributed by atoms with Gasteiger partial charge in [-0.3, -0.25) is 9.59 Å². The molecule has 0 aliphatic heterocycles. The molecular formula is C18H18ClN3O2. The molecule has 5 nitrogen and oxygen atoms in total.